The normalized spacial score (nSPS) is 16.6. The highest BCUT2D eigenvalue weighted by Gasteiger charge is 2.28. The number of unbranched alkanes of at least 4 members (excludes halogenated alkanes) is 1. The second kappa shape index (κ2) is 5.58. The average Bonchev–Trinajstić information content (AvgIpc) is 2.93. The van der Waals surface area contributed by atoms with E-state index in [0.717, 1.165) is 35.7 Å². The molecule has 0 saturated carbocycles. The fourth-order valence-corrected chi connectivity index (χ4v) is 3.56. The van der Waals surface area contributed by atoms with E-state index >= 15 is 0 Å². The van der Waals surface area contributed by atoms with E-state index in [1.54, 1.807) is 0 Å². The molecule has 1 unspecified atom stereocenters. The van der Waals surface area contributed by atoms with Crippen molar-refractivity contribution in [3.05, 3.63) is 59.8 Å². The molecule has 0 saturated heterocycles. The van der Waals surface area contributed by atoms with Crippen LogP contribution < -0.4 is 5.32 Å². The first-order valence-electron chi connectivity index (χ1n) is 8.30. The number of carbonyl (C=O) groups excluding carboxylic acids is 1. The summed E-state index contributed by atoms with van der Waals surface area (Å²) in [6.45, 7) is 2.18. The summed E-state index contributed by atoms with van der Waals surface area (Å²) >= 11 is 0. The maximum atomic E-state index is 12.8. The van der Waals surface area contributed by atoms with Crippen LogP contribution in [0.4, 0.5) is 0 Å². The quantitative estimate of drug-likeness (QED) is 0.716. The molecule has 1 atom stereocenters. The molecule has 1 aromatic heterocycles. The van der Waals surface area contributed by atoms with Crippen molar-refractivity contribution >= 4 is 16.8 Å². The summed E-state index contributed by atoms with van der Waals surface area (Å²) in [5.41, 5.74) is 5.11. The van der Waals surface area contributed by atoms with Gasteiger partial charge in [0.15, 0.2) is 0 Å². The zero-order valence-corrected chi connectivity index (χ0v) is 13.2. The molecule has 3 nitrogen and oxygen atoms in total. The minimum Gasteiger partial charge on any atom is -0.350 e. The van der Waals surface area contributed by atoms with E-state index < -0.39 is 0 Å². The van der Waals surface area contributed by atoms with Crippen LogP contribution in [0.5, 0.6) is 0 Å². The third-order valence-corrected chi connectivity index (χ3v) is 4.69. The second-order valence-electron chi connectivity index (χ2n) is 6.18. The molecule has 1 amide bonds. The number of carbonyl (C=O) groups is 1. The smallest absolute Gasteiger partial charge is 0.268 e. The first-order chi connectivity index (χ1) is 11.3. The number of hydrogen-bond acceptors (Lipinski definition) is 1. The second-order valence-corrected chi connectivity index (χ2v) is 6.18. The van der Waals surface area contributed by atoms with Crippen molar-refractivity contribution in [1.82, 2.24) is 10.3 Å². The summed E-state index contributed by atoms with van der Waals surface area (Å²) in [5, 5.41) is 4.33. The summed E-state index contributed by atoms with van der Waals surface area (Å²) in [6.07, 6.45) is 3.21. The minimum absolute atomic E-state index is 0.00602. The van der Waals surface area contributed by atoms with Crippen molar-refractivity contribution < 1.29 is 4.79 Å². The monoisotopic (exact) mass is 304 g/mol. The highest BCUT2D eigenvalue weighted by molar-refractivity contribution is 6.11. The zero-order valence-electron chi connectivity index (χ0n) is 13.2. The Hall–Kier alpha value is -2.55. The molecule has 2 heterocycles. The Labute approximate surface area is 135 Å². The Kier molecular flexibility index (Phi) is 3.41. The largest absolute Gasteiger partial charge is 0.350 e. The summed E-state index contributed by atoms with van der Waals surface area (Å²) in [5.74, 6) is -0.00602. The molecule has 1 aliphatic rings. The number of aromatic nitrogens is 1. The van der Waals surface area contributed by atoms with Crippen molar-refractivity contribution in [2.24, 2.45) is 0 Å². The molecule has 2 aromatic carbocycles. The van der Waals surface area contributed by atoms with Gasteiger partial charge in [-0.25, -0.2) is 0 Å². The predicted octanol–water partition coefficient (Wildman–Crippen LogP) is 4.81. The number of aromatic amines is 1. The first-order valence-corrected chi connectivity index (χ1v) is 8.30. The lowest BCUT2D eigenvalue weighted by molar-refractivity contribution is 0.0932. The zero-order chi connectivity index (χ0) is 15.8. The lowest BCUT2D eigenvalue weighted by Gasteiger charge is -2.18. The number of fused-ring (bicyclic) bond motifs is 5. The van der Waals surface area contributed by atoms with E-state index in [1.807, 2.05) is 18.2 Å². The molecule has 116 valence electrons. The molecular formula is C20H20N2O. The molecule has 0 radical (unpaired) electrons. The van der Waals surface area contributed by atoms with Crippen LogP contribution >= 0.6 is 0 Å². The molecule has 0 bridgehead atoms. The van der Waals surface area contributed by atoms with Crippen molar-refractivity contribution in [2.75, 3.05) is 0 Å². The van der Waals surface area contributed by atoms with Gasteiger partial charge >= 0.3 is 0 Å². The van der Waals surface area contributed by atoms with Gasteiger partial charge in [0.1, 0.15) is 5.69 Å². The molecule has 4 rings (SSSR count). The maximum absolute atomic E-state index is 12.8. The third kappa shape index (κ3) is 2.24. The Balaban J connectivity index is 1.97. The number of rotatable bonds is 3. The maximum Gasteiger partial charge on any atom is 0.268 e. The predicted molar refractivity (Wildman–Crippen MR) is 93.5 cm³/mol. The minimum atomic E-state index is -0.00602. The Bertz CT molecular complexity index is 878. The lowest BCUT2D eigenvalue weighted by Crippen LogP contribution is -2.27. The van der Waals surface area contributed by atoms with Gasteiger partial charge in [-0.05, 0) is 23.6 Å². The topological polar surface area (TPSA) is 44.9 Å². The average molecular weight is 304 g/mol. The van der Waals surface area contributed by atoms with Crippen LogP contribution in [0.1, 0.15) is 48.3 Å². The summed E-state index contributed by atoms with van der Waals surface area (Å²) in [7, 11) is 0. The van der Waals surface area contributed by atoms with Gasteiger partial charge in [-0.2, -0.15) is 0 Å². The first kappa shape index (κ1) is 14.1. The fraction of sp³-hybridized carbons (Fsp3) is 0.250. The summed E-state index contributed by atoms with van der Waals surface area (Å²) < 4.78 is 0. The molecule has 1 aliphatic heterocycles. The highest BCUT2D eigenvalue weighted by Crippen LogP contribution is 2.40. The van der Waals surface area contributed by atoms with Gasteiger partial charge in [0.25, 0.3) is 5.91 Å². The number of H-pyrrole nitrogens is 1. The highest BCUT2D eigenvalue weighted by atomic mass is 16.2. The van der Waals surface area contributed by atoms with Crippen molar-refractivity contribution in [2.45, 2.75) is 32.2 Å². The Morgan fingerprint density at radius 2 is 1.83 bits per heavy atom. The molecule has 0 aliphatic carbocycles. The van der Waals surface area contributed by atoms with Crippen molar-refractivity contribution in [1.29, 1.82) is 0 Å². The van der Waals surface area contributed by atoms with Crippen LogP contribution in [0.3, 0.4) is 0 Å². The van der Waals surface area contributed by atoms with Crippen molar-refractivity contribution in [3.63, 3.8) is 0 Å². The fourth-order valence-electron chi connectivity index (χ4n) is 3.56. The number of amides is 1. The molecule has 23 heavy (non-hydrogen) atoms. The lowest BCUT2D eigenvalue weighted by atomic mass is 9.92. The van der Waals surface area contributed by atoms with E-state index in [1.165, 1.54) is 11.1 Å². The van der Waals surface area contributed by atoms with Gasteiger partial charge in [-0.1, -0.05) is 62.2 Å². The molecule has 2 N–H and O–H groups in total. The molecular weight excluding hydrogens is 284 g/mol. The van der Waals surface area contributed by atoms with Crippen LogP contribution in [-0.4, -0.2) is 10.9 Å². The summed E-state index contributed by atoms with van der Waals surface area (Å²) in [6, 6.07) is 16.6. The van der Waals surface area contributed by atoms with Gasteiger partial charge in [0.2, 0.25) is 0 Å². The number of para-hydroxylation sites is 1. The van der Waals surface area contributed by atoms with E-state index in [-0.39, 0.29) is 11.9 Å². The Morgan fingerprint density at radius 3 is 2.70 bits per heavy atom. The summed E-state index contributed by atoms with van der Waals surface area (Å²) in [4.78, 5) is 16.1. The van der Waals surface area contributed by atoms with Crippen LogP contribution in [0.25, 0.3) is 22.0 Å². The van der Waals surface area contributed by atoms with E-state index in [9.17, 15) is 4.79 Å². The van der Waals surface area contributed by atoms with Gasteiger partial charge in [0.05, 0.1) is 6.04 Å². The standard InChI is InChI=1S/C20H20N2O/c1-2-3-11-16-13-8-4-5-9-14(13)18-15-10-6-7-12-17(15)21-19(18)20(23)22-16/h4-10,12,16,21H,2-3,11H2,1H3,(H,22,23). The van der Waals surface area contributed by atoms with Crippen molar-refractivity contribution in [3.8, 4) is 11.1 Å². The molecule has 3 aromatic rings. The van der Waals surface area contributed by atoms with Crippen LogP contribution in [0.2, 0.25) is 0 Å². The number of nitrogens with one attached hydrogen (secondary N) is 2. The molecule has 3 heteroatoms. The number of hydrogen-bond donors (Lipinski definition) is 2. The molecule has 0 fully saturated rings. The SMILES string of the molecule is CCCCC1NC(=O)c2[nH]c3ccccc3c2-c2ccccc21. The molecule has 0 spiro atoms. The van der Waals surface area contributed by atoms with Gasteiger partial charge < -0.3 is 10.3 Å². The van der Waals surface area contributed by atoms with E-state index in [0.29, 0.717) is 5.69 Å². The van der Waals surface area contributed by atoms with E-state index in [2.05, 4.69) is 47.6 Å². The van der Waals surface area contributed by atoms with Gasteiger partial charge in [-0.15, -0.1) is 0 Å². The van der Waals surface area contributed by atoms with Crippen LogP contribution in [0, 0.1) is 0 Å². The van der Waals surface area contributed by atoms with E-state index in [4.69, 9.17) is 0 Å². The third-order valence-electron chi connectivity index (χ3n) is 4.69. The van der Waals surface area contributed by atoms with Crippen LogP contribution in [0.15, 0.2) is 48.5 Å². The van der Waals surface area contributed by atoms with Gasteiger partial charge in [-0.3, -0.25) is 4.79 Å². The Morgan fingerprint density at radius 1 is 1.04 bits per heavy atom. The number of benzene rings is 2. The van der Waals surface area contributed by atoms with Gasteiger partial charge in [0, 0.05) is 16.5 Å². The van der Waals surface area contributed by atoms with Crippen LogP contribution in [-0.2, 0) is 0 Å².